The van der Waals surface area contributed by atoms with Crippen LogP contribution >= 0.6 is 0 Å². The summed E-state index contributed by atoms with van der Waals surface area (Å²) in [5.41, 5.74) is 5.64. The van der Waals surface area contributed by atoms with Gasteiger partial charge in [0.05, 0.1) is 12.7 Å². The third-order valence-corrected chi connectivity index (χ3v) is 5.02. The predicted octanol–water partition coefficient (Wildman–Crippen LogP) is 1.73. The number of likely N-dealkylation sites (tertiary alicyclic amines) is 1. The zero-order valence-electron chi connectivity index (χ0n) is 12.0. The van der Waals surface area contributed by atoms with Crippen LogP contribution in [0.4, 0.5) is 0 Å². The van der Waals surface area contributed by atoms with Crippen molar-refractivity contribution in [3.63, 3.8) is 0 Å². The SMILES string of the molecule is NCCC1CCN(CC2COC3(CCCC3)O2)CC1. The molecule has 3 rings (SSSR count). The second-order valence-electron chi connectivity index (χ2n) is 6.49. The molecule has 1 spiro atoms. The Morgan fingerprint density at radius 1 is 1.16 bits per heavy atom. The van der Waals surface area contributed by atoms with Gasteiger partial charge in [-0.05, 0) is 57.7 Å². The van der Waals surface area contributed by atoms with Gasteiger partial charge in [0.15, 0.2) is 5.79 Å². The fourth-order valence-electron chi connectivity index (χ4n) is 3.86. The minimum absolute atomic E-state index is 0.192. The maximum absolute atomic E-state index is 6.20. The zero-order valence-corrected chi connectivity index (χ0v) is 12.0. The minimum Gasteiger partial charge on any atom is -0.347 e. The average Bonchev–Trinajstić information content (AvgIpc) is 3.03. The lowest BCUT2D eigenvalue weighted by molar-refractivity contribution is -0.163. The van der Waals surface area contributed by atoms with Gasteiger partial charge in [-0.25, -0.2) is 0 Å². The summed E-state index contributed by atoms with van der Waals surface area (Å²) in [5.74, 6) is 0.658. The van der Waals surface area contributed by atoms with Gasteiger partial charge in [-0.3, -0.25) is 0 Å². The van der Waals surface area contributed by atoms with Crippen LogP contribution in [0, 0.1) is 5.92 Å². The molecule has 0 aromatic rings. The first-order valence-corrected chi connectivity index (χ1v) is 8.04. The Kier molecular flexibility index (Phi) is 4.42. The third kappa shape index (κ3) is 3.30. The second-order valence-corrected chi connectivity index (χ2v) is 6.49. The quantitative estimate of drug-likeness (QED) is 0.843. The van der Waals surface area contributed by atoms with Crippen molar-refractivity contribution >= 4 is 0 Å². The normalized spacial score (nSPS) is 32.4. The van der Waals surface area contributed by atoms with Crippen LogP contribution in [0.2, 0.25) is 0 Å². The Hall–Kier alpha value is -0.160. The van der Waals surface area contributed by atoms with E-state index in [1.54, 1.807) is 0 Å². The van der Waals surface area contributed by atoms with Gasteiger partial charge in [0.25, 0.3) is 0 Å². The van der Waals surface area contributed by atoms with Crippen LogP contribution < -0.4 is 5.73 Å². The lowest BCUT2D eigenvalue weighted by Crippen LogP contribution is -2.40. The lowest BCUT2D eigenvalue weighted by atomic mass is 9.93. The van der Waals surface area contributed by atoms with Gasteiger partial charge in [0.2, 0.25) is 0 Å². The summed E-state index contributed by atoms with van der Waals surface area (Å²) in [5, 5.41) is 0. The molecule has 0 aromatic heterocycles. The van der Waals surface area contributed by atoms with E-state index in [4.69, 9.17) is 15.2 Å². The smallest absolute Gasteiger partial charge is 0.168 e. The number of nitrogens with two attached hydrogens (primary N) is 1. The molecule has 2 heterocycles. The number of piperidine rings is 1. The molecule has 2 N–H and O–H groups in total. The van der Waals surface area contributed by atoms with Crippen molar-refractivity contribution in [3.8, 4) is 0 Å². The van der Waals surface area contributed by atoms with E-state index in [1.165, 1.54) is 45.2 Å². The molecule has 1 unspecified atom stereocenters. The van der Waals surface area contributed by atoms with E-state index in [0.29, 0.717) is 6.10 Å². The maximum atomic E-state index is 6.20. The highest BCUT2D eigenvalue weighted by atomic mass is 16.7. The van der Waals surface area contributed by atoms with Crippen LogP contribution in [0.15, 0.2) is 0 Å². The molecule has 0 amide bonds. The molecule has 19 heavy (non-hydrogen) atoms. The monoisotopic (exact) mass is 268 g/mol. The van der Waals surface area contributed by atoms with Crippen molar-refractivity contribution in [2.24, 2.45) is 11.7 Å². The van der Waals surface area contributed by atoms with Crippen molar-refractivity contribution in [2.45, 2.75) is 56.8 Å². The summed E-state index contributed by atoms with van der Waals surface area (Å²) in [6.45, 7) is 5.10. The summed E-state index contributed by atoms with van der Waals surface area (Å²) in [4.78, 5) is 2.55. The first kappa shape index (κ1) is 13.8. The highest BCUT2D eigenvalue weighted by molar-refractivity contribution is 4.86. The van der Waals surface area contributed by atoms with E-state index in [9.17, 15) is 0 Å². The van der Waals surface area contributed by atoms with Crippen molar-refractivity contribution in [2.75, 3.05) is 32.8 Å². The maximum Gasteiger partial charge on any atom is 0.168 e. The first-order chi connectivity index (χ1) is 9.30. The van der Waals surface area contributed by atoms with Gasteiger partial charge < -0.3 is 20.1 Å². The summed E-state index contributed by atoms with van der Waals surface area (Å²) < 4.78 is 12.2. The number of rotatable bonds is 4. The van der Waals surface area contributed by atoms with Crippen LogP contribution in [0.1, 0.15) is 44.9 Å². The fraction of sp³-hybridized carbons (Fsp3) is 1.00. The standard InChI is InChI=1S/C15H28N2O2/c16-8-3-13-4-9-17(10-5-13)11-14-12-18-15(19-14)6-1-2-7-15/h13-14H,1-12,16H2. The van der Waals surface area contributed by atoms with Crippen molar-refractivity contribution in [3.05, 3.63) is 0 Å². The van der Waals surface area contributed by atoms with Gasteiger partial charge in [0, 0.05) is 19.4 Å². The van der Waals surface area contributed by atoms with Crippen molar-refractivity contribution < 1.29 is 9.47 Å². The zero-order chi connectivity index (χ0) is 13.1. The molecule has 2 saturated heterocycles. The highest BCUT2D eigenvalue weighted by Gasteiger charge is 2.44. The Morgan fingerprint density at radius 2 is 1.89 bits per heavy atom. The molecular formula is C15H28N2O2. The summed E-state index contributed by atoms with van der Waals surface area (Å²) in [6.07, 6.45) is 8.81. The first-order valence-electron chi connectivity index (χ1n) is 8.04. The van der Waals surface area contributed by atoms with Crippen LogP contribution in [-0.2, 0) is 9.47 Å². The van der Waals surface area contributed by atoms with Gasteiger partial charge >= 0.3 is 0 Å². The van der Waals surface area contributed by atoms with Crippen molar-refractivity contribution in [1.29, 1.82) is 0 Å². The lowest BCUT2D eigenvalue weighted by Gasteiger charge is -2.33. The molecule has 1 aliphatic carbocycles. The van der Waals surface area contributed by atoms with Gasteiger partial charge in [-0.1, -0.05) is 0 Å². The Morgan fingerprint density at radius 3 is 2.58 bits per heavy atom. The van der Waals surface area contributed by atoms with Gasteiger partial charge in [-0.15, -0.1) is 0 Å². The molecule has 2 aliphatic heterocycles. The molecule has 3 aliphatic rings. The molecule has 1 saturated carbocycles. The molecule has 1 atom stereocenters. The molecule has 3 fully saturated rings. The van der Waals surface area contributed by atoms with Crippen LogP contribution in [0.25, 0.3) is 0 Å². The highest BCUT2D eigenvalue weighted by Crippen LogP contribution is 2.39. The largest absolute Gasteiger partial charge is 0.347 e. The molecular weight excluding hydrogens is 240 g/mol. The van der Waals surface area contributed by atoms with Crippen molar-refractivity contribution in [1.82, 2.24) is 4.90 Å². The number of ether oxygens (including phenoxy) is 2. The third-order valence-electron chi connectivity index (χ3n) is 5.02. The summed E-state index contributed by atoms with van der Waals surface area (Å²) in [6, 6.07) is 0. The van der Waals surface area contributed by atoms with Gasteiger partial charge in [0.1, 0.15) is 0 Å². The molecule has 4 nitrogen and oxygen atoms in total. The average molecular weight is 268 g/mol. The Labute approximate surface area is 116 Å². The molecule has 0 aromatic carbocycles. The fourth-order valence-corrected chi connectivity index (χ4v) is 3.86. The van der Waals surface area contributed by atoms with Crippen LogP contribution in [-0.4, -0.2) is 49.6 Å². The van der Waals surface area contributed by atoms with E-state index in [0.717, 1.165) is 38.5 Å². The molecule has 0 bridgehead atoms. The van der Waals surface area contributed by atoms with E-state index in [1.807, 2.05) is 0 Å². The molecule has 4 heteroatoms. The summed E-state index contributed by atoms with van der Waals surface area (Å²) in [7, 11) is 0. The number of nitrogens with zero attached hydrogens (tertiary/aromatic N) is 1. The van der Waals surface area contributed by atoms with Gasteiger partial charge in [-0.2, -0.15) is 0 Å². The number of hydrogen-bond acceptors (Lipinski definition) is 4. The summed E-state index contributed by atoms with van der Waals surface area (Å²) >= 11 is 0. The topological polar surface area (TPSA) is 47.7 Å². The second kappa shape index (κ2) is 6.08. The molecule has 0 radical (unpaired) electrons. The molecule has 110 valence electrons. The minimum atomic E-state index is -0.192. The Bertz CT molecular complexity index is 284. The van der Waals surface area contributed by atoms with Crippen LogP contribution in [0.5, 0.6) is 0 Å². The number of hydrogen-bond donors (Lipinski definition) is 1. The van der Waals surface area contributed by atoms with E-state index in [-0.39, 0.29) is 5.79 Å². The Balaban J connectivity index is 1.41. The van der Waals surface area contributed by atoms with Crippen LogP contribution in [0.3, 0.4) is 0 Å². The van der Waals surface area contributed by atoms with E-state index < -0.39 is 0 Å². The van der Waals surface area contributed by atoms with E-state index in [2.05, 4.69) is 4.90 Å². The predicted molar refractivity (Wildman–Crippen MR) is 74.9 cm³/mol. The van der Waals surface area contributed by atoms with E-state index >= 15 is 0 Å².